The maximum Gasteiger partial charge on any atom is 0.266 e. The van der Waals surface area contributed by atoms with Crippen molar-refractivity contribution >= 4 is 94.6 Å². The number of methoxy groups -OCH3 is 5. The number of fused-ring (bicyclic) bond motifs is 5. The summed E-state index contributed by atoms with van der Waals surface area (Å²) in [5.41, 5.74) is 6.10. The number of anilines is 5. The molecule has 5 aliphatic heterocycles. The Balaban J connectivity index is 0.000000155. The molecule has 5 fully saturated rings. The third kappa shape index (κ3) is 19.3. The minimum atomic E-state index is -1.04. The van der Waals surface area contributed by atoms with Crippen molar-refractivity contribution in [1.82, 2.24) is 24.9 Å². The van der Waals surface area contributed by atoms with Gasteiger partial charge in [-0.1, -0.05) is 81.9 Å². The molecular formula is C101H115ClF6N10O10. The van der Waals surface area contributed by atoms with Gasteiger partial charge in [0, 0.05) is 117 Å². The number of nitrogens with zero attached hydrogens (tertiary/aromatic N) is 5. The van der Waals surface area contributed by atoms with Crippen LogP contribution >= 0.6 is 11.6 Å². The van der Waals surface area contributed by atoms with Gasteiger partial charge in [-0.05, 0) is 208 Å². The lowest BCUT2D eigenvalue weighted by atomic mass is 9.92. The third-order valence-corrected chi connectivity index (χ3v) is 27.5. The van der Waals surface area contributed by atoms with Crippen LogP contribution in [0.5, 0.6) is 0 Å². The smallest absolute Gasteiger partial charge is 0.266 e. The van der Waals surface area contributed by atoms with Crippen LogP contribution in [0.4, 0.5) is 54.8 Å². The van der Waals surface area contributed by atoms with E-state index >= 15 is 8.78 Å². The summed E-state index contributed by atoms with van der Waals surface area (Å²) >= 11 is 6.13. The summed E-state index contributed by atoms with van der Waals surface area (Å²) in [7, 11) is 8.51. The van der Waals surface area contributed by atoms with E-state index in [0.717, 1.165) is 93.5 Å². The highest BCUT2D eigenvalue weighted by molar-refractivity contribution is 6.32. The lowest BCUT2D eigenvalue weighted by Crippen LogP contribution is -2.44. The van der Waals surface area contributed by atoms with Gasteiger partial charge in [-0.15, -0.1) is 32.1 Å². The summed E-state index contributed by atoms with van der Waals surface area (Å²) in [5.74, 6) is 8.30. The summed E-state index contributed by atoms with van der Waals surface area (Å²) in [4.78, 5) is 85.4. The van der Waals surface area contributed by atoms with E-state index in [0.29, 0.717) is 152 Å². The van der Waals surface area contributed by atoms with Gasteiger partial charge in [0.05, 0.1) is 99.8 Å². The van der Waals surface area contributed by atoms with Crippen molar-refractivity contribution in [2.45, 2.75) is 200 Å². The topological polar surface area (TPSA) is 227 Å². The van der Waals surface area contributed by atoms with Crippen LogP contribution < -0.4 is 52.3 Å². The number of pyridine rings is 5. The Morgan fingerprint density at radius 2 is 0.633 bits per heavy atom. The first kappa shape index (κ1) is 97.2. The number of terminal acetylenes is 5. The fourth-order valence-corrected chi connectivity index (χ4v) is 18.1. The van der Waals surface area contributed by atoms with E-state index in [2.05, 4.69) is 111 Å². The van der Waals surface area contributed by atoms with Gasteiger partial charge >= 0.3 is 0 Å². The lowest BCUT2D eigenvalue weighted by molar-refractivity contribution is -0.0134. The van der Waals surface area contributed by atoms with Crippen LogP contribution in [0.1, 0.15) is 195 Å². The van der Waals surface area contributed by atoms with E-state index in [9.17, 15) is 41.5 Å². The molecule has 10 aromatic rings. The van der Waals surface area contributed by atoms with Crippen molar-refractivity contribution in [3.8, 4) is 61.7 Å². The number of aromatic nitrogens is 5. The van der Waals surface area contributed by atoms with Gasteiger partial charge in [0.2, 0.25) is 0 Å². The van der Waals surface area contributed by atoms with E-state index in [-0.39, 0.29) is 105 Å². The molecule has 0 saturated carbocycles. The second-order valence-electron chi connectivity index (χ2n) is 34.6. The molecule has 0 atom stereocenters. The van der Waals surface area contributed by atoms with Crippen molar-refractivity contribution < 1.29 is 50.0 Å². The highest BCUT2D eigenvalue weighted by Crippen LogP contribution is 2.43. The molecule has 0 spiro atoms. The Morgan fingerprint density at radius 3 is 0.992 bits per heavy atom. The number of H-pyrrole nitrogens is 5. The molecule has 5 aliphatic rings. The maximum atomic E-state index is 15.1. The van der Waals surface area contributed by atoms with Crippen molar-refractivity contribution in [3.63, 3.8) is 0 Å². The van der Waals surface area contributed by atoms with Gasteiger partial charge < -0.3 is 73.1 Å². The second-order valence-corrected chi connectivity index (χ2v) is 35.0. The van der Waals surface area contributed by atoms with Crippen molar-refractivity contribution in [1.29, 1.82) is 0 Å². The van der Waals surface area contributed by atoms with Gasteiger partial charge in [-0.2, -0.15) is 0 Å². The number of rotatable bonds is 15. The molecule has 0 amide bonds. The predicted molar refractivity (Wildman–Crippen MR) is 503 cm³/mol. The molecule has 678 valence electrons. The zero-order chi connectivity index (χ0) is 93.6. The molecule has 0 aliphatic carbocycles. The summed E-state index contributed by atoms with van der Waals surface area (Å²) in [6.45, 7) is 28.5. The fourth-order valence-electron chi connectivity index (χ4n) is 17.8. The molecule has 15 rings (SSSR count). The molecule has 5 aromatic carbocycles. The van der Waals surface area contributed by atoms with E-state index in [1.54, 1.807) is 67.6 Å². The lowest BCUT2D eigenvalue weighted by Gasteiger charge is -2.40. The largest absolute Gasteiger partial charge is 0.378 e. The Bertz CT molecular complexity index is 6260. The summed E-state index contributed by atoms with van der Waals surface area (Å²) in [6.07, 6.45) is 38.7. The number of aryl methyl sites for hydroxylation is 6. The molecule has 0 radical (unpaired) electrons. The molecule has 0 unspecified atom stereocenters. The Hall–Kier alpha value is -11.4. The van der Waals surface area contributed by atoms with E-state index < -0.39 is 45.8 Å². The zero-order valence-electron chi connectivity index (χ0n) is 76.1. The highest BCUT2D eigenvalue weighted by atomic mass is 35.5. The van der Waals surface area contributed by atoms with Crippen LogP contribution in [-0.4, -0.2) is 154 Å². The number of ether oxygens (including phenoxy) is 5. The van der Waals surface area contributed by atoms with Gasteiger partial charge in [-0.25, -0.2) is 26.3 Å². The monoisotopic (exact) mass is 1780 g/mol. The number of hydrogen-bond donors (Lipinski definition) is 5. The number of piperidine rings is 5. The van der Waals surface area contributed by atoms with Crippen molar-refractivity contribution in [2.75, 3.05) is 125 Å². The predicted octanol–water partition coefficient (Wildman–Crippen LogP) is 17.2. The van der Waals surface area contributed by atoms with Crippen LogP contribution in [0.25, 0.3) is 54.5 Å². The minimum Gasteiger partial charge on any atom is -0.378 e. The molecule has 10 heterocycles. The first-order valence-corrected chi connectivity index (χ1v) is 43.9. The fraction of sp³-hybridized carbons (Fsp3) is 0.455. The third-order valence-electron chi connectivity index (χ3n) is 27.1. The minimum absolute atomic E-state index is 0.0325. The molecule has 20 nitrogen and oxygen atoms in total. The van der Waals surface area contributed by atoms with Crippen molar-refractivity contribution in [3.05, 3.63) is 195 Å². The van der Waals surface area contributed by atoms with E-state index in [4.69, 9.17) is 67.4 Å². The number of nitrogens with one attached hydrogen (secondary N) is 5. The normalized spacial score (nSPS) is 16.8. The molecule has 128 heavy (non-hydrogen) atoms. The van der Waals surface area contributed by atoms with Crippen LogP contribution in [0.3, 0.4) is 0 Å². The average molecular weight is 1780 g/mol. The van der Waals surface area contributed by atoms with E-state index in [1.807, 2.05) is 48.5 Å². The number of hydrogen-bond acceptors (Lipinski definition) is 15. The van der Waals surface area contributed by atoms with Crippen molar-refractivity contribution in [2.24, 2.45) is 0 Å². The maximum absolute atomic E-state index is 15.1. The number of halogens is 7. The number of aromatic amines is 5. The Kier molecular flexibility index (Phi) is 30.5. The van der Waals surface area contributed by atoms with E-state index in [1.165, 1.54) is 11.1 Å². The summed E-state index contributed by atoms with van der Waals surface area (Å²) < 4.78 is 116. The molecule has 27 heteroatoms. The average Bonchev–Trinajstić information content (AvgIpc) is 0.750. The summed E-state index contributed by atoms with van der Waals surface area (Å²) in [5, 5.41) is 2.58. The zero-order valence-corrected chi connectivity index (χ0v) is 76.8. The van der Waals surface area contributed by atoms with Gasteiger partial charge in [-0.3, -0.25) is 24.0 Å². The highest BCUT2D eigenvalue weighted by Gasteiger charge is 2.39. The van der Waals surface area contributed by atoms with Gasteiger partial charge in [0.15, 0.2) is 17.5 Å². The van der Waals surface area contributed by atoms with Gasteiger partial charge in [0.1, 0.15) is 45.3 Å². The van der Waals surface area contributed by atoms with Gasteiger partial charge in [0.25, 0.3) is 27.8 Å². The molecule has 0 bridgehead atoms. The molecular weight excluding hydrogens is 1660 g/mol. The van der Waals surface area contributed by atoms with Crippen LogP contribution in [-0.2, 0) is 55.8 Å². The SMILES string of the molecule is C#Cc1c(N2CCC(C)(OC)CC2)c2c(F)c(CC)cc(F)c2[nH]c1=O.C#Cc1c(N2CCC(C)(OC)CC2)c2c(F)c(CC)ccc2[nH]c1=O.C#Cc1c(N2CCC(C)(OC)CC2)c2cc(CC)c(C)cc2[nH]c1=O.C#Cc1c(N2CCC(C)(OC)CC2)c2cc(CC)c(Cl)c(F)c2[nH]c1=O.C#Cc1c(N2CCC(C)(OC)CC2)c2cc(CC)c(F)c(F)c2[nH]c1=O. The molecule has 5 saturated heterocycles. The second kappa shape index (κ2) is 40.1. The molecule has 5 N–H and O–H groups in total. The first-order chi connectivity index (χ1) is 60.9. The molecule has 5 aromatic heterocycles. The van der Waals surface area contributed by atoms with Crippen LogP contribution in [0, 0.1) is 104 Å². The standard InChI is InChI=1S/C21H26N2O2.C20H22ClFN2O2.2C20H22F2N2O2.C20H23FN2O2/c1-6-15-13-17-18(12-14(15)3)22-20(24)16(7-2)19(17)23-10-8-21(4,25-5)9-11-23;1-5-12-11-14-17(16(22)15(12)21)23-19(25)13(6-2)18(14)24-9-7-20(3,26-4)8-10-24;1-5-12-11-14(21)17-15(16(12)22)18(13(6-2)19(25)23-17)24-9-7-20(3,26-4)8-10-24;1-5-12-11-14-17(16(22)15(12)21)23-19(25)13(6-2)18(14)24-9-7-20(3,26-4)8-10-24;1-5-13-7-8-15-16(17(13)21)18(14(6-2)19(24)22-15)23-11-9-20(3,25-4)10-12-23/h2,12-13H,6,8-11H2,1,3-5H3,(H,22,24);3*2,11H,5,7-10H2,1,3-4H3,(H,23,25);2,7-8H,5,9-12H2,1,3-4H3,(H,22,24). The quantitative estimate of drug-likeness (QED) is 0.0475. The van der Waals surface area contributed by atoms with Crippen LogP contribution in [0.15, 0.2) is 66.4 Å². The number of benzene rings is 5. The van der Waals surface area contributed by atoms with Crippen LogP contribution in [0.2, 0.25) is 5.02 Å². The Morgan fingerprint density at radius 1 is 0.344 bits per heavy atom. The Labute approximate surface area is 748 Å². The summed E-state index contributed by atoms with van der Waals surface area (Å²) in [6, 6.07) is 12.3. The first-order valence-electron chi connectivity index (χ1n) is 43.5.